The number of Topliss-reactive ketones (excluding diaryl/α,β-unsaturated/α-hetero) is 1. The third-order valence-corrected chi connectivity index (χ3v) is 3.68. The first kappa shape index (κ1) is 14.8. The summed E-state index contributed by atoms with van der Waals surface area (Å²) in [5, 5.41) is 10.5. The van der Waals surface area contributed by atoms with Crippen LogP contribution < -0.4 is 0 Å². The minimum Gasteiger partial charge on any atom is -0.507 e. The van der Waals surface area contributed by atoms with Crippen molar-refractivity contribution in [3.63, 3.8) is 0 Å². The number of phenolic OH excluding ortho intramolecular Hbond substituents is 1. The third-order valence-electron chi connectivity index (χ3n) is 3.46. The SMILES string of the molecule is CC(=O)c1cc(Cl)cc(CN2CCN(C)C(=O)C2)c1O. The first-order valence-corrected chi connectivity index (χ1v) is 6.75. The van der Waals surface area contributed by atoms with Crippen LogP contribution in [-0.2, 0) is 11.3 Å². The highest BCUT2D eigenvalue weighted by molar-refractivity contribution is 6.31. The Hall–Kier alpha value is -1.59. The molecule has 1 aliphatic rings. The van der Waals surface area contributed by atoms with Gasteiger partial charge >= 0.3 is 0 Å². The zero-order valence-electron chi connectivity index (χ0n) is 11.5. The van der Waals surface area contributed by atoms with Gasteiger partial charge in [-0.2, -0.15) is 0 Å². The van der Waals surface area contributed by atoms with Crippen LogP contribution in [0.3, 0.4) is 0 Å². The number of phenols is 1. The second-order valence-electron chi connectivity index (χ2n) is 5.04. The zero-order chi connectivity index (χ0) is 14.9. The van der Waals surface area contributed by atoms with Gasteiger partial charge in [-0.05, 0) is 19.1 Å². The van der Waals surface area contributed by atoms with Crippen molar-refractivity contribution in [3.8, 4) is 5.75 Å². The highest BCUT2D eigenvalue weighted by Crippen LogP contribution is 2.29. The molecule has 1 heterocycles. The highest BCUT2D eigenvalue weighted by atomic mass is 35.5. The number of hydrogen-bond donors (Lipinski definition) is 1. The van der Waals surface area contributed by atoms with Crippen LogP contribution in [0.2, 0.25) is 5.02 Å². The van der Waals surface area contributed by atoms with Crippen molar-refractivity contribution < 1.29 is 14.7 Å². The maximum atomic E-state index is 11.7. The average molecular weight is 297 g/mol. The topological polar surface area (TPSA) is 60.9 Å². The van der Waals surface area contributed by atoms with Crippen molar-refractivity contribution in [3.05, 3.63) is 28.3 Å². The lowest BCUT2D eigenvalue weighted by Gasteiger charge is -2.32. The van der Waals surface area contributed by atoms with Gasteiger partial charge in [-0.3, -0.25) is 14.5 Å². The Labute approximate surface area is 122 Å². The molecule has 20 heavy (non-hydrogen) atoms. The van der Waals surface area contributed by atoms with Gasteiger partial charge in [-0.25, -0.2) is 0 Å². The first-order chi connectivity index (χ1) is 9.38. The number of piperazine rings is 1. The van der Waals surface area contributed by atoms with Crippen LogP contribution in [0.1, 0.15) is 22.8 Å². The predicted molar refractivity (Wildman–Crippen MR) is 76.0 cm³/mol. The average Bonchev–Trinajstić information content (AvgIpc) is 2.37. The van der Waals surface area contributed by atoms with Crippen molar-refractivity contribution in [2.75, 3.05) is 26.7 Å². The monoisotopic (exact) mass is 296 g/mol. The summed E-state index contributed by atoms with van der Waals surface area (Å²) in [4.78, 5) is 26.7. The molecule has 108 valence electrons. The molecule has 1 N–H and O–H groups in total. The number of nitrogens with zero attached hydrogens (tertiary/aromatic N) is 2. The Morgan fingerprint density at radius 3 is 2.70 bits per heavy atom. The highest BCUT2D eigenvalue weighted by Gasteiger charge is 2.22. The molecule has 0 aromatic heterocycles. The molecule has 0 radical (unpaired) electrons. The summed E-state index contributed by atoms with van der Waals surface area (Å²) in [6, 6.07) is 3.09. The van der Waals surface area contributed by atoms with E-state index in [4.69, 9.17) is 11.6 Å². The number of amides is 1. The lowest BCUT2D eigenvalue weighted by molar-refractivity contribution is -0.134. The van der Waals surface area contributed by atoms with E-state index < -0.39 is 0 Å². The van der Waals surface area contributed by atoms with E-state index >= 15 is 0 Å². The van der Waals surface area contributed by atoms with E-state index in [1.807, 2.05) is 4.90 Å². The summed E-state index contributed by atoms with van der Waals surface area (Å²) in [5.74, 6) is -0.237. The number of likely N-dealkylation sites (N-methyl/N-ethyl adjacent to an activating group) is 1. The molecular weight excluding hydrogens is 280 g/mol. The van der Waals surface area contributed by atoms with Gasteiger partial charge in [0.05, 0.1) is 12.1 Å². The van der Waals surface area contributed by atoms with E-state index in [2.05, 4.69) is 0 Å². The summed E-state index contributed by atoms with van der Waals surface area (Å²) >= 11 is 5.98. The molecule has 1 amide bonds. The second-order valence-corrected chi connectivity index (χ2v) is 5.48. The van der Waals surface area contributed by atoms with Gasteiger partial charge in [0.15, 0.2) is 5.78 Å². The minimum absolute atomic E-state index is 0.0459. The third kappa shape index (κ3) is 3.11. The fourth-order valence-electron chi connectivity index (χ4n) is 2.23. The van der Waals surface area contributed by atoms with Gasteiger partial charge in [-0.15, -0.1) is 0 Å². The van der Waals surface area contributed by atoms with Gasteiger partial charge in [0.2, 0.25) is 5.91 Å². The number of benzene rings is 1. The van der Waals surface area contributed by atoms with Crippen LogP contribution >= 0.6 is 11.6 Å². The lowest BCUT2D eigenvalue weighted by atomic mass is 10.1. The molecule has 0 spiro atoms. The maximum Gasteiger partial charge on any atom is 0.236 e. The van der Waals surface area contributed by atoms with Crippen LogP contribution in [0.4, 0.5) is 0 Å². The van der Waals surface area contributed by atoms with Crippen molar-refractivity contribution in [2.45, 2.75) is 13.5 Å². The largest absolute Gasteiger partial charge is 0.507 e. The number of halogens is 1. The summed E-state index contributed by atoms with van der Waals surface area (Å²) < 4.78 is 0. The first-order valence-electron chi connectivity index (χ1n) is 6.37. The van der Waals surface area contributed by atoms with Crippen LogP contribution in [-0.4, -0.2) is 53.3 Å². The Bertz CT molecular complexity index is 560. The van der Waals surface area contributed by atoms with Gasteiger partial charge in [0, 0.05) is 37.3 Å². The van der Waals surface area contributed by atoms with E-state index in [1.54, 1.807) is 18.0 Å². The van der Waals surface area contributed by atoms with Gasteiger partial charge in [-0.1, -0.05) is 11.6 Å². The van der Waals surface area contributed by atoms with Crippen LogP contribution in [0.5, 0.6) is 5.75 Å². The summed E-state index contributed by atoms with van der Waals surface area (Å²) in [7, 11) is 1.77. The van der Waals surface area contributed by atoms with Crippen molar-refractivity contribution >= 4 is 23.3 Å². The number of ketones is 1. The van der Waals surface area contributed by atoms with E-state index in [1.165, 1.54) is 13.0 Å². The van der Waals surface area contributed by atoms with E-state index in [-0.39, 0.29) is 23.0 Å². The quantitative estimate of drug-likeness (QED) is 0.859. The summed E-state index contributed by atoms with van der Waals surface area (Å²) in [6.07, 6.45) is 0. The number of carbonyl (C=O) groups is 2. The molecular formula is C14H17ClN2O3. The molecule has 0 saturated carbocycles. The number of hydrogen-bond acceptors (Lipinski definition) is 4. The van der Waals surface area contributed by atoms with Gasteiger partial charge < -0.3 is 10.0 Å². The van der Waals surface area contributed by atoms with Gasteiger partial charge in [0.25, 0.3) is 0 Å². The molecule has 0 atom stereocenters. The molecule has 0 unspecified atom stereocenters. The fourth-order valence-corrected chi connectivity index (χ4v) is 2.47. The summed E-state index contributed by atoms with van der Waals surface area (Å²) in [5.41, 5.74) is 0.785. The van der Waals surface area contributed by atoms with E-state index in [9.17, 15) is 14.7 Å². The zero-order valence-corrected chi connectivity index (χ0v) is 12.3. The van der Waals surface area contributed by atoms with Crippen LogP contribution in [0, 0.1) is 0 Å². The molecule has 1 aromatic rings. The Kier molecular flexibility index (Phi) is 4.30. The Balaban J connectivity index is 2.21. The Morgan fingerprint density at radius 1 is 1.40 bits per heavy atom. The smallest absolute Gasteiger partial charge is 0.236 e. The maximum absolute atomic E-state index is 11.7. The number of aromatic hydroxyl groups is 1. The molecule has 0 aliphatic carbocycles. The predicted octanol–water partition coefficient (Wildman–Crippen LogP) is 1.52. The number of carbonyl (C=O) groups excluding carboxylic acids is 2. The molecule has 2 rings (SSSR count). The van der Waals surface area contributed by atoms with Crippen LogP contribution in [0.25, 0.3) is 0 Å². The van der Waals surface area contributed by atoms with E-state index in [0.717, 1.165) is 6.54 Å². The van der Waals surface area contributed by atoms with E-state index in [0.29, 0.717) is 30.2 Å². The molecule has 6 heteroatoms. The van der Waals surface area contributed by atoms with Crippen molar-refractivity contribution in [1.82, 2.24) is 9.80 Å². The van der Waals surface area contributed by atoms with Gasteiger partial charge in [0.1, 0.15) is 5.75 Å². The molecule has 1 aliphatic heterocycles. The molecule has 1 aromatic carbocycles. The van der Waals surface area contributed by atoms with Crippen molar-refractivity contribution in [2.24, 2.45) is 0 Å². The Morgan fingerprint density at radius 2 is 2.10 bits per heavy atom. The number of rotatable bonds is 3. The van der Waals surface area contributed by atoms with Crippen molar-refractivity contribution in [1.29, 1.82) is 0 Å². The second kappa shape index (κ2) is 5.81. The summed E-state index contributed by atoms with van der Waals surface area (Å²) in [6.45, 7) is 3.46. The minimum atomic E-state index is -0.235. The van der Waals surface area contributed by atoms with Crippen LogP contribution in [0.15, 0.2) is 12.1 Å². The lowest BCUT2D eigenvalue weighted by Crippen LogP contribution is -2.47. The molecule has 1 saturated heterocycles. The molecule has 0 bridgehead atoms. The fraction of sp³-hybridized carbons (Fsp3) is 0.429. The molecule has 5 nitrogen and oxygen atoms in total. The molecule has 1 fully saturated rings. The standard InChI is InChI=1S/C14H17ClN2O3/c1-9(18)12-6-11(15)5-10(14(12)20)7-17-4-3-16(2)13(19)8-17/h5-6,20H,3-4,7-8H2,1-2H3. The normalized spacial score (nSPS) is 16.6.